The zero-order chi connectivity index (χ0) is 13.4. The van der Waals surface area contributed by atoms with Crippen LogP contribution in [0, 0.1) is 0 Å². The lowest BCUT2D eigenvalue weighted by atomic mass is 10.2. The minimum absolute atomic E-state index is 0.262. The number of hydrogen-bond acceptors (Lipinski definition) is 5. The van der Waals surface area contributed by atoms with Gasteiger partial charge in [0.15, 0.2) is 5.65 Å². The molecule has 2 aromatic rings. The van der Waals surface area contributed by atoms with Crippen molar-refractivity contribution in [3.05, 3.63) is 11.5 Å². The van der Waals surface area contributed by atoms with E-state index in [2.05, 4.69) is 43.8 Å². The van der Waals surface area contributed by atoms with Crippen LogP contribution in [0.2, 0.25) is 5.28 Å². The Morgan fingerprint density at radius 2 is 1.95 bits per heavy atom. The Bertz CT molecular complexity index is 573. The van der Waals surface area contributed by atoms with E-state index in [1.807, 2.05) is 0 Å². The fourth-order valence-electron chi connectivity index (χ4n) is 2.48. The van der Waals surface area contributed by atoms with E-state index in [1.54, 1.807) is 6.20 Å². The molecule has 1 N–H and O–H groups in total. The van der Waals surface area contributed by atoms with E-state index < -0.39 is 0 Å². The normalized spacial score (nSPS) is 17.6. The van der Waals surface area contributed by atoms with E-state index in [9.17, 15) is 0 Å². The molecule has 0 amide bonds. The van der Waals surface area contributed by atoms with E-state index in [4.69, 9.17) is 11.6 Å². The van der Waals surface area contributed by atoms with E-state index in [1.165, 1.54) is 0 Å². The predicted octanol–water partition coefficient (Wildman–Crippen LogP) is 1.54. The third-order valence-corrected chi connectivity index (χ3v) is 3.78. The van der Waals surface area contributed by atoms with Crippen molar-refractivity contribution in [1.82, 2.24) is 25.1 Å². The van der Waals surface area contributed by atoms with Gasteiger partial charge in [0, 0.05) is 32.2 Å². The van der Waals surface area contributed by atoms with Crippen LogP contribution < -0.4 is 4.90 Å². The Labute approximate surface area is 116 Å². The number of hydrogen-bond donors (Lipinski definition) is 1. The lowest BCUT2D eigenvalue weighted by Gasteiger charge is -2.37. The molecule has 0 atom stereocenters. The highest BCUT2D eigenvalue weighted by molar-refractivity contribution is 6.28. The van der Waals surface area contributed by atoms with Crippen molar-refractivity contribution >= 4 is 28.5 Å². The Morgan fingerprint density at radius 1 is 1.21 bits per heavy atom. The van der Waals surface area contributed by atoms with Gasteiger partial charge in [-0.25, -0.2) is 0 Å². The number of rotatable bonds is 2. The van der Waals surface area contributed by atoms with Crippen molar-refractivity contribution in [1.29, 1.82) is 0 Å². The molecule has 0 saturated carbocycles. The maximum absolute atomic E-state index is 5.97. The molecule has 102 valence electrons. The van der Waals surface area contributed by atoms with Crippen LogP contribution in [0.3, 0.4) is 0 Å². The SMILES string of the molecule is CC(C)N1CCN(c2nc(Cl)nc3[nH]ncc23)CC1. The summed E-state index contributed by atoms with van der Waals surface area (Å²) in [7, 11) is 0. The van der Waals surface area contributed by atoms with Gasteiger partial charge in [0.1, 0.15) is 5.82 Å². The second-order valence-corrected chi connectivity index (χ2v) is 5.40. The van der Waals surface area contributed by atoms with Crippen LogP contribution >= 0.6 is 11.6 Å². The molecule has 3 rings (SSSR count). The maximum Gasteiger partial charge on any atom is 0.226 e. The molecule has 0 unspecified atom stereocenters. The molecule has 1 fully saturated rings. The summed E-state index contributed by atoms with van der Waals surface area (Å²) < 4.78 is 0. The second kappa shape index (κ2) is 4.94. The number of nitrogens with zero attached hydrogens (tertiary/aromatic N) is 5. The number of aromatic amines is 1. The summed E-state index contributed by atoms with van der Waals surface area (Å²) in [5, 5.41) is 8.06. The van der Waals surface area contributed by atoms with Crippen LogP contribution in [0.25, 0.3) is 11.0 Å². The number of piperazine rings is 1. The first-order valence-corrected chi connectivity index (χ1v) is 6.88. The predicted molar refractivity (Wildman–Crippen MR) is 75.6 cm³/mol. The summed E-state index contributed by atoms with van der Waals surface area (Å²) in [5.74, 6) is 0.882. The Hall–Kier alpha value is -1.40. The fraction of sp³-hybridized carbons (Fsp3) is 0.583. The van der Waals surface area contributed by atoms with Gasteiger partial charge in [0.25, 0.3) is 0 Å². The summed E-state index contributed by atoms with van der Waals surface area (Å²) in [6.45, 7) is 8.44. The largest absolute Gasteiger partial charge is 0.353 e. The van der Waals surface area contributed by atoms with Gasteiger partial charge in [-0.15, -0.1) is 0 Å². The zero-order valence-corrected chi connectivity index (χ0v) is 11.9. The van der Waals surface area contributed by atoms with Gasteiger partial charge in [-0.3, -0.25) is 10.00 Å². The summed E-state index contributed by atoms with van der Waals surface area (Å²) in [5.41, 5.74) is 0.696. The van der Waals surface area contributed by atoms with Gasteiger partial charge < -0.3 is 4.90 Å². The Morgan fingerprint density at radius 3 is 2.63 bits per heavy atom. The number of fused-ring (bicyclic) bond motifs is 1. The van der Waals surface area contributed by atoms with Crippen LogP contribution in [0.5, 0.6) is 0 Å². The number of aromatic nitrogens is 4. The monoisotopic (exact) mass is 280 g/mol. The molecule has 1 saturated heterocycles. The molecule has 19 heavy (non-hydrogen) atoms. The average Bonchev–Trinajstić information content (AvgIpc) is 2.85. The van der Waals surface area contributed by atoms with E-state index in [0.717, 1.165) is 37.4 Å². The number of halogens is 1. The molecule has 0 radical (unpaired) electrons. The summed E-state index contributed by atoms with van der Waals surface area (Å²) >= 11 is 5.97. The average molecular weight is 281 g/mol. The van der Waals surface area contributed by atoms with Crippen molar-refractivity contribution in [3.8, 4) is 0 Å². The van der Waals surface area contributed by atoms with Crippen LogP contribution in [-0.4, -0.2) is 57.3 Å². The van der Waals surface area contributed by atoms with Crippen LogP contribution in [0.1, 0.15) is 13.8 Å². The number of H-pyrrole nitrogens is 1. The lowest BCUT2D eigenvalue weighted by Crippen LogP contribution is -2.49. The van der Waals surface area contributed by atoms with Crippen LogP contribution in [0.15, 0.2) is 6.20 Å². The first kappa shape index (κ1) is 12.6. The molecule has 2 aromatic heterocycles. The molecular formula is C12H17ClN6. The highest BCUT2D eigenvalue weighted by atomic mass is 35.5. The minimum atomic E-state index is 0.262. The second-order valence-electron chi connectivity index (χ2n) is 5.07. The number of anilines is 1. The van der Waals surface area contributed by atoms with Gasteiger partial charge >= 0.3 is 0 Å². The molecule has 6 nitrogen and oxygen atoms in total. The van der Waals surface area contributed by atoms with Crippen molar-refractivity contribution in [2.45, 2.75) is 19.9 Å². The fourth-order valence-corrected chi connectivity index (χ4v) is 2.65. The van der Waals surface area contributed by atoms with E-state index in [-0.39, 0.29) is 5.28 Å². The first-order valence-electron chi connectivity index (χ1n) is 6.51. The van der Waals surface area contributed by atoms with Crippen LogP contribution in [-0.2, 0) is 0 Å². The highest BCUT2D eigenvalue weighted by Crippen LogP contribution is 2.25. The van der Waals surface area contributed by atoms with Gasteiger partial charge in [-0.05, 0) is 25.4 Å². The lowest BCUT2D eigenvalue weighted by molar-refractivity contribution is 0.209. The Balaban J connectivity index is 1.87. The van der Waals surface area contributed by atoms with Gasteiger partial charge in [-0.1, -0.05) is 0 Å². The highest BCUT2D eigenvalue weighted by Gasteiger charge is 2.22. The molecule has 0 bridgehead atoms. The topological polar surface area (TPSA) is 60.9 Å². The van der Waals surface area contributed by atoms with Crippen molar-refractivity contribution in [2.24, 2.45) is 0 Å². The Kier molecular flexibility index (Phi) is 3.28. The summed E-state index contributed by atoms with van der Waals surface area (Å²) in [4.78, 5) is 13.2. The minimum Gasteiger partial charge on any atom is -0.353 e. The van der Waals surface area contributed by atoms with Crippen molar-refractivity contribution in [3.63, 3.8) is 0 Å². The third-order valence-electron chi connectivity index (χ3n) is 3.61. The van der Waals surface area contributed by atoms with Crippen molar-refractivity contribution in [2.75, 3.05) is 31.1 Å². The molecule has 0 spiro atoms. The smallest absolute Gasteiger partial charge is 0.226 e. The number of nitrogens with one attached hydrogen (secondary N) is 1. The summed E-state index contributed by atoms with van der Waals surface area (Å²) in [6, 6.07) is 0.588. The van der Waals surface area contributed by atoms with Gasteiger partial charge in [0.2, 0.25) is 5.28 Å². The van der Waals surface area contributed by atoms with Crippen LogP contribution in [0.4, 0.5) is 5.82 Å². The van der Waals surface area contributed by atoms with Gasteiger partial charge in [-0.2, -0.15) is 15.1 Å². The standard InChI is InChI=1S/C12H17ClN6/c1-8(2)18-3-5-19(6-4-18)11-9-7-14-17-10(9)15-12(13)16-11/h7-8H,3-6H2,1-2H3,(H,14,15,16,17). The van der Waals surface area contributed by atoms with Crippen molar-refractivity contribution < 1.29 is 0 Å². The van der Waals surface area contributed by atoms with E-state index in [0.29, 0.717) is 11.7 Å². The third kappa shape index (κ3) is 2.37. The van der Waals surface area contributed by atoms with E-state index >= 15 is 0 Å². The molecule has 1 aliphatic rings. The molecule has 3 heterocycles. The molecular weight excluding hydrogens is 264 g/mol. The molecule has 0 aliphatic carbocycles. The quantitative estimate of drug-likeness (QED) is 0.846. The molecule has 1 aliphatic heterocycles. The van der Waals surface area contributed by atoms with Gasteiger partial charge in [0.05, 0.1) is 11.6 Å². The summed E-state index contributed by atoms with van der Waals surface area (Å²) in [6.07, 6.45) is 1.76. The zero-order valence-electron chi connectivity index (χ0n) is 11.1. The molecule has 0 aromatic carbocycles. The maximum atomic E-state index is 5.97. The molecule has 7 heteroatoms. The first-order chi connectivity index (χ1) is 9.15.